The Bertz CT molecular complexity index is 454. The van der Waals surface area contributed by atoms with Gasteiger partial charge in [-0.1, -0.05) is 17.7 Å². The van der Waals surface area contributed by atoms with Crippen LogP contribution in [-0.2, 0) is 4.74 Å². The highest BCUT2D eigenvalue weighted by Gasteiger charge is 2.31. The number of nitrogens with one attached hydrogen (secondary N) is 1. The van der Waals surface area contributed by atoms with Crippen LogP contribution < -0.4 is 11.1 Å². The molecule has 2 saturated heterocycles. The Morgan fingerprint density at radius 2 is 2.37 bits per heavy atom. The first-order valence-electron chi connectivity index (χ1n) is 6.87. The highest BCUT2D eigenvalue weighted by Crippen LogP contribution is 2.27. The summed E-state index contributed by atoms with van der Waals surface area (Å²) in [6, 6.07) is 6.29. The number of nitrogen functional groups attached to an aromatic ring is 1. The van der Waals surface area contributed by atoms with Gasteiger partial charge in [-0.25, -0.2) is 0 Å². The largest absolute Gasteiger partial charge is 0.396 e. The number of morpholine rings is 1. The number of anilines is 2. The quantitative estimate of drug-likeness (QED) is 0.834. The maximum atomic E-state index is 6.00. The normalized spacial score (nSPS) is 27.2. The molecule has 4 nitrogen and oxygen atoms in total. The number of hydrogen-bond donors (Lipinski definition) is 2. The monoisotopic (exact) mass is 281 g/mol. The number of nitrogens with two attached hydrogens (primary N) is 1. The molecule has 2 fully saturated rings. The Morgan fingerprint density at radius 3 is 3.26 bits per heavy atom. The Morgan fingerprint density at radius 1 is 1.47 bits per heavy atom. The van der Waals surface area contributed by atoms with Crippen molar-refractivity contribution in [2.75, 3.05) is 37.3 Å². The Balaban J connectivity index is 1.56. The second kappa shape index (κ2) is 5.57. The van der Waals surface area contributed by atoms with Gasteiger partial charge in [0.25, 0.3) is 0 Å². The summed E-state index contributed by atoms with van der Waals surface area (Å²) in [7, 11) is 0. The number of halogens is 1. The van der Waals surface area contributed by atoms with Gasteiger partial charge in [-0.05, 0) is 31.5 Å². The standard InChI is InChI=1S/C14H20ClN3O/c15-12-4-1-5-13(14(12)16)17-7-11-8-18-6-2-3-10(18)9-19-11/h1,4-5,10-11,17H,2-3,6-9,16H2. The molecule has 0 amide bonds. The predicted molar refractivity (Wildman–Crippen MR) is 78.7 cm³/mol. The number of hydrogen-bond acceptors (Lipinski definition) is 4. The summed E-state index contributed by atoms with van der Waals surface area (Å²) >= 11 is 6.00. The fraction of sp³-hybridized carbons (Fsp3) is 0.571. The minimum Gasteiger partial charge on any atom is -0.396 e. The van der Waals surface area contributed by atoms with Crippen molar-refractivity contribution < 1.29 is 4.74 Å². The first-order chi connectivity index (χ1) is 9.24. The number of rotatable bonds is 3. The van der Waals surface area contributed by atoms with E-state index in [-0.39, 0.29) is 6.10 Å². The van der Waals surface area contributed by atoms with Crippen LogP contribution >= 0.6 is 11.6 Å². The molecule has 0 saturated carbocycles. The van der Waals surface area contributed by atoms with Crippen LogP contribution in [0.15, 0.2) is 18.2 Å². The van der Waals surface area contributed by atoms with Gasteiger partial charge in [0.2, 0.25) is 0 Å². The lowest BCUT2D eigenvalue weighted by atomic mass is 10.2. The molecule has 0 radical (unpaired) electrons. The van der Waals surface area contributed by atoms with Crippen LogP contribution in [0.1, 0.15) is 12.8 Å². The van der Waals surface area contributed by atoms with E-state index in [1.165, 1.54) is 19.4 Å². The third kappa shape index (κ3) is 2.81. The molecule has 2 unspecified atom stereocenters. The second-order valence-electron chi connectivity index (χ2n) is 5.33. The van der Waals surface area contributed by atoms with E-state index in [4.69, 9.17) is 22.1 Å². The lowest BCUT2D eigenvalue weighted by Crippen LogP contribution is -2.48. The second-order valence-corrected chi connectivity index (χ2v) is 5.74. The molecule has 2 aliphatic rings. The topological polar surface area (TPSA) is 50.5 Å². The molecule has 3 rings (SSSR count). The Hall–Kier alpha value is -0.970. The van der Waals surface area contributed by atoms with Crippen molar-refractivity contribution in [2.45, 2.75) is 25.0 Å². The van der Waals surface area contributed by atoms with Crippen molar-refractivity contribution in [3.8, 4) is 0 Å². The van der Waals surface area contributed by atoms with E-state index < -0.39 is 0 Å². The van der Waals surface area contributed by atoms with Gasteiger partial charge in [-0.15, -0.1) is 0 Å². The van der Waals surface area contributed by atoms with Crippen LogP contribution in [0.3, 0.4) is 0 Å². The summed E-state index contributed by atoms with van der Waals surface area (Å²) < 4.78 is 5.91. The van der Waals surface area contributed by atoms with E-state index in [9.17, 15) is 0 Å². The number of nitrogens with zero attached hydrogens (tertiary/aromatic N) is 1. The van der Waals surface area contributed by atoms with Gasteiger partial charge < -0.3 is 15.8 Å². The minimum atomic E-state index is 0.229. The van der Waals surface area contributed by atoms with Crippen LogP contribution in [0, 0.1) is 0 Å². The highest BCUT2D eigenvalue weighted by molar-refractivity contribution is 6.33. The zero-order chi connectivity index (χ0) is 13.2. The first-order valence-corrected chi connectivity index (χ1v) is 7.25. The van der Waals surface area contributed by atoms with E-state index in [1.807, 2.05) is 12.1 Å². The third-order valence-electron chi connectivity index (χ3n) is 4.03. The van der Waals surface area contributed by atoms with Gasteiger partial charge >= 0.3 is 0 Å². The van der Waals surface area contributed by atoms with Gasteiger partial charge in [0, 0.05) is 19.1 Å². The van der Waals surface area contributed by atoms with Crippen molar-refractivity contribution >= 4 is 23.0 Å². The van der Waals surface area contributed by atoms with Crippen LogP contribution in [0.25, 0.3) is 0 Å². The lowest BCUT2D eigenvalue weighted by molar-refractivity contribution is -0.0415. The average Bonchev–Trinajstić information content (AvgIpc) is 2.88. The zero-order valence-corrected chi connectivity index (χ0v) is 11.7. The molecule has 2 heterocycles. The number of ether oxygens (including phenoxy) is 1. The van der Waals surface area contributed by atoms with Crippen LogP contribution in [-0.4, -0.2) is 43.3 Å². The zero-order valence-electron chi connectivity index (χ0n) is 10.9. The van der Waals surface area contributed by atoms with Gasteiger partial charge in [-0.3, -0.25) is 4.90 Å². The van der Waals surface area contributed by atoms with E-state index in [1.54, 1.807) is 6.07 Å². The Labute approximate surface area is 118 Å². The van der Waals surface area contributed by atoms with Crippen LogP contribution in [0.5, 0.6) is 0 Å². The van der Waals surface area contributed by atoms with Crippen molar-refractivity contribution in [1.82, 2.24) is 4.90 Å². The molecule has 2 aliphatic heterocycles. The molecular formula is C14H20ClN3O. The number of benzene rings is 1. The number of fused-ring (bicyclic) bond motifs is 1. The molecule has 0 aromatic heterocycles. The van der Waals surface area contributed by atoms with Crippen LogP contribution in [0.4, 0.5) is 11.4 Å². The summed E-state index contributed by atoms with van der Waals surface area (Å²) in [5, 5.41) is 3.93. The van der Waals surface area contributed by atoms with Crippen molar-refractivity contribution in [3.63, 3.8) is 0 Å². The average molecular weight is 282 g/mol. The third-order valence-corrected chi connectivity index (χ3v) is 4.36. The minimum absolute atomic E-state index is 0.229. The molecule has 2 atom stereocenters. The molecule has 104 valence electrons. The summed E-state index contributed by atoms with van der Waals surface area (Å²) in [6.07, 6.45) is 2.81. The van der Waals surface area contributed by atoms with Gasteiger partial charge in [0.05, 0.1) is 29.1 Å². The van der Waals surface area contributed by atoms with Crippen LogP contribution in [0.2, 0.25) is 5.02 Å². The fourth-order valence-electron chi connectivity index (χ4n) is 2.92. The summed E-state index contributed by atoms with van der Waals surface area (Å²) in [5.74, 6) is 0. The van der Waals surface area contributed by atoms with E-state index >= 15 is 0 Å². The summed E-state index contributed by atoms with van der Waals surface area (Å²) in [4.78, 5) is 2.54. The molecule has 1 aromatic carbocycles. The predicted octanol–water partition coefficient (Wildman–Crippen LogP) is 2.20. The first kappa shape index (κ1) is 13.0. The van der Waals surface area contributed by atoms with Gasteiger partial charge in [0.15, 0.2) is 0 Å². The van der Waals surface area contributed by atoms with E-state index in [0.717, 1.165) is 25.4 Å². The van der Waals surface area contributed by atoms with E-state index in [2.05, 4.69) is 10.2 Å². The maximum Gasteiger partial charge on any atom is 0.0874 e. The number of para-hydroxylation sites is 1. The van der Waals surface area contributed by atoms with Gasteiger partial charge in [0.1, 0.15) is 0 Å². The molecule has 5 heteroatoms. The molecule has 0 spiro atoms. The fourth-order valence-corrected chi connectivity index (χ4v) is 3.10. The molecule has 19 heavy (non-hydrogen) atoms. The molecule has 0 bridgehead atoms. The maximum absolute atomic E-state index is 6.00. The smallest absolute Gasteiger partial charge is 0.0874 e. The SMILES string of the molecule is Nc1c(Cl)cccc1NCC1CN2CCCC2CO1. The van der Waals surface area contributed by atoms with Crippen molar-refractivity contribution in [2.24, 2.45) is 0 Å². The highest BCUT2D eigenvalue weighted by atomic mass is 35.5. The van der Waals surface area contributed by atoms with E-state index in [0.29, 0.717) is 16.8 Å². The molecule has 1 aromatic rings. The van der Waals surface area contributed by atoms with Crippen molar-refractivity contribution in [3.05, 3.63) is 23.2 Å². The Kier molecular flexibility index (Phi) is 3.82. The molecule has 0 aliphatic carbocycles. The summed E-state index contributed by atoms with van der Waals surface area (Å²) in [6.45, 7) is 3.85. The lowest BCUT2D eigenvalue weighted by Gasteiger charge is -2.35. The molecular weight excluding hydrogens is 262 g/mol. The van der Waals surface area contributed by atoms with Crippen molar-refractivity contribution in [1.29, 1.82) is 0 Å². The van der Waals surface area contributed by atoms with Gasteiger partial charge in [-0.2, -0.15) is 0 Å². The molecule has 3 N–H and O–H groups in total. The summed E-state index contributed by atoms with van der Waals surface area (Å²) in [5.41, 5.74) is 7.44.